The molecule has 0 aliphatic carbocycles. The summed E-state index contributed by atoms with van der Waals surface area (Å²) in [5.41, 5.74) is 4.12. The highest BCUT2D eigenvalue weighted by molar-refractivity contribution is 7.96. The van der Waals surface area contributed by atoms with Crippen molar-refractivity contribution in [2.45, 2.75) is 13.2 Å². The van der Waals surface area contributed by atoms with Crippen molar-refractivity contribution < 1.29 is 13.5 Å². The summed E-state index contributed by atoms with van der Waals surface area (Å²) in [6.07, 6.45) is 6.56. The molecule has 0 bridgehead atoms. The van der Waals surface area contributed by atoms with E-state index in [1.165, 1.54) is 6.26 Å². The number of hydrogen-bond donors (Lipinski definition) is 0. The molecule has 0 saturated heterocycles. The van der Waals surface area contributed by atoms with Crippen molar-refractivity contribution in [1.29, 1.82) is 0 Å². The molecule has 0 fully saturated rings. The van der Waals surface area contributed by atoms with Gasteiger partial charge in [0.2, 0.25) is 0 Å². The highest BCUT2D eigenvalue weighted by Gasteiger charge is 2.10. The predicted octanol–water partition coefficient (Wildman–Crippen LogP) is 3.94. The topological polar surface area (TPSA) is 80.1 Å². The van der Waals surface area contributed by atoms with Crippen LogP contribution in [0.5, 0.6) is 5.75 Å². The van der Waals surface area contributed by atoms with Crippen molar-refractivity contribution in [3.63, 3.8) is 0 Å². The molecule has 29 heavy (non-hydrogen) atoms. The highest BCUT2D eigenvalue weighted by Crippen LogP contribution is 2.23. The molecule has 1 unspecified atom stereocenters. The third-order valence-corrected chi connectivity index (χ3v) is 5.54. The zero-order valence-corrected chi connectivity index (χ0v) is 16.8. The van der Waals surface area contributed by atoms with E-state index in [1.54, 1.807) is 17.1 Å². The maximum Gasteiger partial charge on any atom is 0.128 e. The molecule has 7 heteroatoms. The molecule has 4 rings (SSSR count). The standard InChI is InChI=1S/C22H21N3O3S/c1-29(26,27)11-10-25-22-8-7-21(13-20(22)15-24-25)28-16-17-4-2-5-18(12-17)19-6-3-9-23-14-19/h2-9,12-15H,10-11,16H2,1H3. The van der Waals surface area contributed by atoms with Crippen LogP contribution in [0.2, 0.25) is 0 Å². The van der Waals surface area contributed by atoms with Crippen LogP contribution in [0.1, 0.15) is 5.56 Å². The van der Waals surface area contributed by atoms with E-state index in [9.17, 15) is 8.76 Å². The number of aryl methyl sites for hydroxylation is 1. The van der Waals surface area contributed by atoms with Gasteiger partial charge in [0, 0.05) is 28.0 Å². The Kier molecular flexibility index (Phi) is 5.42. The number of rotatable bonds is 7. The van der Waals surface area contributed by atoms with Crippen molar-refractivity contribution in [3.05, 3.63) is 78.8 Å². The monoisotopic (exact) mass is 407 g/mol. The molecule has 0 saturated carbocycles. The van der Waals surface area contributed by atoms with E-state index in [4.69, 9.17) is 4.74 Å². The molecule has 4 aromatic rings. The van der Waals surface area contributed by atoms with Gasteiger partial charge in [0.05, 0.1) is 24.5 Å². The van der Waals surface area contributed by atoms with Crippen molar-refractivity contribution in [1.82, 2.24) is 14.8 Å². The molecule has 2 heterocycles. The molecule has 0 spiro atoms. The van der Waals surface area contributed by atoms with E-state index in [-0.39, 0.29) is 5.75 Å². The van der Waals surface area contributed by atoms with Crippen LogP contribution in [-0.2, 0) is 27.6 Å². The van der Waals surface area contributed by atoms with Crippen molar-refractivity contribution >= 4 is 21.1 Å². The number of benzene rings is 2. The first-order chi connectivity index (χ1) is 14.0. The van der Waals surface area contributed by atoms with Gasteiger partial charge in [0.1, 0.15) is 18.1 Å². The van der Waals surface area contributed by atoms with Gasteiger partial charge in [-0.25, -0.2) is 0 Å². The summed E-state index contributed by atoms with van der Waals surface area (Å²) in [6, 6.07) is 17.8. The summed E-state index contributed by atoms with van der Waals surface area (Å²) in [7, 11) is -3.03. The lowest BCUT2D eigenvalue weighted by Crippen LogP contribution is -2.17. The zero-order valence-electron chi connectivity index (χ0n) is 16.0. The smallest absolute Gasteiger partial charge is 0.128 e. The van der Waals surface area contributed by atoms with Crippen molar-refractivity contribution in [3.8, 4) is 16.9 Å². The molecule has 2 aromatic carbocycles. The fraction of sp³-hybridized carbons (Fsp3) is 0.182. The van der Waals surface area contributed by atoms with Gasteiger partial charge in [-0.05, 0) is 47.0 Å². The van der Waals surface area contributed by atoms with E-state index in [0.29, 0.717) is 13.2 Å². The Labute approximate surface area is 170 Å². The van der Waals surface area contributed by atoms with E-state index < -0.39 is 10.2 Å². The third kappa shape index (κ3) is 4.88. The molecule has 2 aromatic heterocycles. The minimum Gasteiger partial charge on any atom is -0.615 e. The summed E-state index contributed by atoms with van der Waals surface area (Å²) in [5, 5.41) is 5.21. The summed E-state index contributed by atoms with van der Waals surface area (Å²) >= 11 is 0. The molecule has 148 valence electrons. The summed E-state index contributed by atoms with van der Waals surface area (Å²) < 4.78 is 30.4. The van der Waals surface area contributed by atoms with Crippen LogP contribution in [-0.4, -0.2) is 31.3 Å². The van der Waals surface area contributed by atoms with Crippen molar-refractivity contribution in [2.75, 3.05) is 12.0 Å². The zero-order chi connectivity index (χ0) is 20.3. The van der Waals surface area contributed by atoms with Crippen LogP contribution in [0, 0.1) is 0 Å². The van der Waals surface area contributed by atoms with Gasteiger partial charge in [-0.15, -0.1) is 4.21 Å². The highest BCUT2D eigenvalue weighted by atomic mass is 32.3. The number of ether oxygens (including phenoxy) is 1. The second-order valence-corrected chi connectivity index (χ2v) is 9.21. The summed E-state index contributed by atoms with van der Waals surface area (Å²) in [5.74, 6) is 0.807. The second kappa shape index (κ2) is 8.14. The molecule has 6 nitrogen and oxygen atoms in total. The first-order valence-electron chi connectivity index (χ1n) is 9.23. The fourth-order valence-corrected chi connectivity index (χ4v) is 3.63. The second-order valence-electron chi connectivity index (χ2n) is 6.95. The summed E-state index contributed by atoms with van der Waals surface area (Å²) in [6.45, 7) is 0.783. The Morgan fingerprint density at radius 1 is 1.07 bits per heavy atom. The van der Waals surface area contributed by atoms with E-state index in [1.807, 2.05) is 48.7 Å². The number of sulfone groups is 1. The lowest BCUT2D eigenvalue weighted by molar-refractivity contribution is 0.306. The minimum atomic E-state index is -3.03. The molecule has 0 aliphatic rings. The van der Waals surface area contributed by atoms with Gasteiger partial charge in [-0.3, -0.25) is 9.67 Å². The predicted molar refractivity (Wildman–Crippen MR) is 113 cm³/mol. The Morgan fingerprint density at radius 2 is 1.93 bits per heavy atom. The van der Waals surface area contributed by atoms with Crippen molar-refractivity contribution in [2.24, 2.45) is 0 Å². The Bertz CT molecular complexity index is 1170. The molecule has 0 radical (unpaired) electrons. The number of hydrogen-bond acceptors (Lipinski definition) is 5. The first-order valence-corrected chi connectivity index (χ1v) is 11.3. The molecule has 0 amide bonds. The van der Waals surface area contributed by atoms with Crippen LogP contribution in [0.25, 0.3) is 22.0 Å². The van der Waals surface area contributed by atoms with Crippen LogP contribution in [0.4, 0.5) is 0 Å². The lowest BCUT2D eigenvalue weighted by Gasteiger charge is -2.10. The average Bonchev–Trinajstić information content (AvgIpc) is 3.13. The van der Waals surface area contributed by atoms with Crippen LogP contribution >= 0.6 is 0 Å². The molecule has 1 atom stereocenters. The number of aromatic nitrogens is 3. The maximum absolute atomic E-state index is 11.4. The van der Waals surface area contributed by atoms with Crippen LogP contribution < -0.4 is 4.74 Å². The van der Waals surface area contributed by atoms with E-state index in [0.717, 1.165) is 33.3 Å². The van der Waals surface area contributed by atoms with E-state index in [2.05, 4.69) is 22.2 Å². The number of fused-ring (bicyclic) bond motifs is 1. The van der Waals surface area contributed by atoms with Crippen LogP contribution in [0.3, 0.4) is 0 Å². The van der Waals surface area contributed by atoms with Gasteiger partial charge in [0.15, 0.2) is 0 Å². The average molecular weight is 407 g/mol. The maximum atomic E-state index is 11.4. The molecular formula is C22H21N3O3S. The fourth-order valence-electron chi connectivity index (χ4n) is 3.13. The van der Waals surface area contributed by atoms with Gasteiger partial charge >= 0.3 is 0 Å². The quantitative estimate of drug-likeness (QED) is 0.434. The Hall–Kier alpha value is -3.03. The summed E-state index contributed by atoms with van der Waals surface area (Å²) in [4.78, 5) is 4.17. The van der Waals surface area contributed by atoms with Gasteiger partial charge < -0.3 is 9.29 Å². The molecular weight excluding hydrogens is 386 g/mol. The van der Waals surface area contributed by atoms with E-state index >= 15 is 0 Å². The lowest BCUT2D eigenvalue weighted by atomic mass is 10.1. The number of pyridine rings is 1. The van der Waals surface area contributed by atoms with Gasteiger partial charge in [0.25, 0.3) is 0 Å². The minimum absolute atomic E-state index is 0.0648. The third-order valence-electron chi connectivity index (χ3n) is 4.61. The van der Waals surface area contributed by atoms with Gasteiger partial charge in [-0.2, -0.15) is 5.10 Å². The number of nitrogens with zero attached hydrogens (tertiary/aromatic N) is 3. The SMILES string of the molecule is C[S+](=O)([O-])CCn1ncc2cc(OCc3cccc(-c4cccnc4)c3)ccc21. The Balaban J connectivity index is 1.46. The largest absolute Gasteiger partial charge is 0.615 e. The Morgan fingerprint density at radius 3 is 2.72 bits per heavy atom. The normalized spacial score (nSPS) is 13.3. The van der Waals surface area contributed by atoms with Crippen LogP contribution in [0.15, 0.2) is 73.2 Å². The van der Waals surface area contributed by atoms with Gasteiger partial charge in [-0.1, -0.05) is 24.3 Å². The first kappa shape index (κ1) is 19.3. The molecule has 0 aliphatic heterocycles. The molecule has 0 N–H and O–H groups in total.